The maximum atomic E-state index is 11.8. The summed E-state index contributed by atoms with van der Waals surface area (Å²) in [6, 6.07) is 12.4. The first-order chi connectivity index (χ1) is 12.3. The number of rotatable bonds is 6. The number of amides is 1. The van der Waals surface area contributed by atoms with Crippen molar-refractivity contribution < 1.29 is 19.4 Å². The van der Waals surface area contributed by atoms with E-state index in [9.17, 15) is 9.90 Å². The van der Waals surface area contributed by atoms with E-state index in [1.54, 1.807) is 12.1 Å². The van der Waals surface area contributed by atoms with Gasteiger partial charge in [0.05, 0.1) is 13.3 Å². The average Bonchev–Trinajstić information content (AvgIpc) is 2.61. The fourth-order valence-electron chi connectivity index (χ4n) is 2.17. The molecule has 26 heavy (non-hydrogen) atoms. The SMILES string of the molecule is COc1ccc(O)c(/C=N\NC(=O)COc2ccc(C(C)(C)C)cc2)c1. The summed E-state index contributed by atoms with van der Waals surface area (Å²) in [5.41, 5.74) is 4.05. The van der Waals surface area contributed by atoms with Crippen LogP contribution in [0.5, 0.6) is 17.2 Å². The summed E-state index contributed by atoms with van der Waals surface area (Å²) in [5.74, 6) is 0.836. The van der Waals surface area contributed by atoms with Crippen molar-refractivity contribution in [2.24, 2.45) is 5.10 Å². The van der Waals surface area contributed by atoms with E-state index in [0.717, 1.165) is 0 Å². The third kappa shape index (κ3) is 5.51. The van der Waals surface area contributed by atoms with Gasteiger partial charge in [-0.2, -0.15) is 5.10 Å². The van der Waals surface area contributed by atoms with Crippen LogP contribution in [0.15, 0.2) is 47.6 Å². The molecule has 0 aromatic heterocycles. The second-order valence-electron chi connectivity index (χ2n) is 6.78. The van der Waals surface area contributed by atoms with Crippen molar-refractivity contribution in [3.8, 4) is 17.2 Å². The first-order valence-electron chi connectivity index (χ1n) is 8.22. The van der Waals surface area contributed by atoms with Gasteiger partial charge >= 0.3 is 0 Å². The highest BCUT2D eigenvalue weighted by Crippen LogP contribution is 2.24. The normalized spacial score (nSPS) is 11.4. The number of hydrazone groups is 1. The van der Waals surface area contributed by atoms with Crippen LogP contribution in [0.2, 0.25) is 0 Å². The molecule has 0 aliphatic carbocycles. The largest absolute Gasteiger partial charge is 0.507 e. The summed E-state index contributed by atoms with van der Waals surface area (Å²) in [4.78, 5) is 11.8. The molecule has 0 unspecified atom stereocenters. The molecule has 0 saturated carbocycles. The lowest BCUT2D eigenvalue weighted by molar-refractivity contribution is -0.123. The standard InChI is InChI=1S/C20H24N2O4/c1-20(2,3)15-5-7-16(8-6-15)26-13-19(24)22-21-12-14-11-17(25-4)9-10-18(14)23/h5-12,23H,13H2,1-4H3,(H,22,24)/b21-12-. The number of carbonyl (C=O) groups excluding carboxylic acids is 1. The number of aromatic hydroxyl groups is 1. The fourth-order valence-corrected chi connectivity index (χ4v) is 2.17. The lowest BCUT2D eigenvalue weighted by Crippen LogP contribution is -2.24. The third-order valence-corrected chi connectivity index (χ3v) is 3.72. The molecular weight excluding hydrogens is 332 g/mol. The van der Waals surface area contributed by atoms with Crippen LogP contribution in [0.4, 0.5) is 0 Å². The van der Waals surface area contributed by atoms with Gasteiger partial charge in [-0.15, -0.1) is 0 Å². The molecule has 1 amide bonds. The number of hydrogen-bond acceptors (Lipinski definition) is 5. The van der Waals surface area contributed by atoms with Gasteiger partial charge in [-0.3, -0.25) is 4.79 Å². The average molecular weight is 356 g/mol. The van der Waals surface area contributed by atoms with Gasteiger partial charge in [-0.05, 0) is 41.3 Å². The van der Waals surface area contributed by atoms with Crippen LogP contribution >= 0.6 is 0 Å². The van der Waals surface area contributed by atoms with Crippen LogP contribution < -0.4 is 14.9 Å². The molecule has 138 valence electrons. The van der Waals surface area contributed by atoms with Crippen molar-refractivity contribution in [3.05, 3.63) is 53.6 Å². The minimum atomic E-state index is -0.400. The Morgan fingerprint density at radius 3 is 2.42 bits per heavy atom. The molecule has 6 heteroatoms. The molecule has 6 nitrogen and oxygen atoms in total. The molecule has 2 rings (SSSR count). The topological polar surface area (TPSA) is 80.2 Å². The zero-order chi connectivity index (χ0) is 19.2. The van der Waals surface area contributed by atoms with Gasteiger partial charge in [0.2, 0.25) is 0 Å². The predicted molar refractivity (Wildman–Crippen MR) is 101 cm³/mol. The first-order valence-corrected chi connectivity index (χ1v) is 8.22. The lowest BCUT2D eigenvalue weighted by atomic mass is 9.87. The maximum absolute atomic E-state index is 11.8. The van der Waals surface area contributed by atoms with Crippen molar-refractivity contribution in [3.63, 3.8) is 0 Å². The molecule has 0 saturated heterocycles. The molecule has 0 heterocycles. The number of phenolic OH excluding ortho intramolecular Hbond substituents is 1. The summed E-state index contributed by atoms with van der Waals surface area (Å²) in [5, 5.41) is 13.6. The Hall–Kier alpha value is -3.02. The minimum absolute atomic E-state index is 0.0407. The Morgan fingerprint density at radius 2 is 1.81 bits per heavy atom. The number of methoxy groups -OCH3 is 1. The van der Waals surface area contributed by atoms with E-state index in [1.165, 1.54) is 25.0 Å². The van der Waals surface area contributed by atoms with Gasteiger partial charge in [0, 0.05) is 5.56 Å². The number of nitrogens with zero attached hydrogens (tertiary/aromatic N) is 1. The van der Waals surface area contributed by atoms with Crippen LogP contribution in [0, 0.1) is 0 Å². The van der Waals surface area contributed by atoms with Gasteiger partial charge in [0.15, 0.2) is 6.61 Å². The Labute approximate surface area is 153 Å². The summed E-state index contributed by atoms with van der Waals surface area (Å²) in [6.45, 7) is 6.24. The Kier molecular flexibility index (Phi) is 6.22. The number of carbonyl (C=O) groups is 1. The highest BCUT2D eigenvalue weighted by Gasteiger charge is 2.13. The van der Waals surface area contributed by atoms with Crippen molar-refractivity contribution in [1.29, 1.82) is 0 Å². The molecule has 0 bridgehead atoms. The van der Waals surface area contributed by atoms with E-state index >= 15 is 0 Å². The molecule has 2 aromatic rings. The van der Waals surface area contributed by atoms with E-state index < -0.39 is 5.91 Å². The zero-order valence-corrected chi connectivity index (χ0v) is 15.4. The quantitative estimate of drug-likeness (QED) is 0.615. The molecular formula is C20H24N2O4. The highest BCUT2D eigenvalue weighted by molar-refractivity contribution is 5.85. The Bertz CT molecular complexity index is 777. The monoisotopic (exact) mass is 356 g/mol. The number of hydrogen-bond donors (Lipinski definition) is 2. The molecule has 0 atom stereocenters. The summed E-state index contributed by atoms with van der Waals surface area (Å²) < 4.78 is 10.5. The van der Waals surface area contributed by atoms with Gasteiger partial charge in [0.25, 0.3) is 5.91 Å². The summed E-state index contributed by atoms with van der Waals surface area (Å²) in [6.07, 6.45) is 1.34. The molecule has 0 aliphatic rings. The van der Waals surface area contributed by atoms with E-state index in [1.807, 2.05) is 24.3 Å². The smallest absolute Gasteiger partial charge is 0.277 e. The molecule has 2 N–H and O–H groups in total. The van der Waals surface area contributed by atoms with E-state index in [4.69, 9.17) is 9.47 Å². The minimum Gasteiger partial charge on any atom is -0.507 e. The summed E-state index contributed by atoms with van der Waals surface area (Å²) >= 11 is 0. The van der Waals surface area contributed by atoms with Crippen LogP contribution in [0.3, 0.4) is 0 Å². The van der Waals surface area contributed by atoms with Crippen LogP contribution in [0.25, 0.3) is 0 Å². The summed E-state index contributed by atoms with van der Waals surface area (Å²) in [7, 11) is 1.53. The van der Waals surface area contributed by atoms with E-state index in [-0.39, 0.29) is 17.8 Å². The molecule has 0 radical (unpaired) electrons. The highest BCUT2D eigenvalue weighted by atomic mass is 16.5. The van der Waals surface area contributed by atoms with Crippen molar-refractivity contribution in [2.45, 2.75) is 26.2 Å². The van der Waals surface area contributed by atoms with Gasteiger partial charge < -0.3 is 14.6 Å². The van der Waals surface area contributed by atoms with Crippen molar-refractivity contribution in [1.82, 2.24) is 5.43 Å². The van der Waals surface area contributed by atoms with Gasteiger partial charge in [-0.25, -0.2) is 5.43 Å². The number of phenols is 1. The van der Waals surface area contributed by atoms with E-state index in [0.29, 0.717) is 17.1 Å². The molecule has 2 aromatic carbocycles. The Morgan fingerprint density at radius 1 is 1.15 bits per heavy atom. The number of nitrogens with one attached hydrogen (secondary N) is 1. The van der Waals surface area contributed by atoms with Crippen LogP contribution in [-0.2, 0) is 10.2 Å². The second-order valence-corrected chi connectivity index (χ2v) is 6.78. The number of ether oxygens (including phenoxy) is 2. The van der Waals surface area contributed by atoms with Crippen LogP contribution in [0.1, 0.15) is 31.9 Å². The Balaban J connectivity index is 1.85. The zero-order valence-electron chi connectivity index (χ0n) is 15.4. The van der Waals surface area contributed by atoms with Gasteiger partial charge in [-0.1, -0.05) is 32.9 Å². The fraction of sp³-hybridized carbons (Fsp3) is 0.300. The third-order valence-electron chi connectivity index (χ3n) is 3.72. The van der Waals surface area contributed by atoms with Crippen LogP contribution in [-0.4, -0.2) is 30.9 Å². The number of benzene rings is 2. The van der Waals surface area contributed by atoms with Crippen molar-refractivity contribution >= 4 is 12.1 Å². The van der Waals surface area contributed by atoms with Gasteiger partial charge in [0.1, 0.15) is 17.2 Å². The van der Waals surface area contributed by atoms with Crippen molar-refractivity contribution in [2.75, 3.05) is 13.7 Å². The maximum Gasteiger partial charge on any atom is 0.277 e. The first kappa shape index (κ1) is 19.3. The molecule has 0 spiro atoms. The lowest BCUT2D eigenvalue weighted by Gasteiger charge is -2.19. The molecule has 0 aliphatic heterocycles. The second kappa shape index (κ2) is 8.38. The molecule has 0 fully saturated rings. The van der Waals surface area contributed by atoms with E-state index in [2.05, 4.69) is 31.3 Å². The predicted octanol–water partition coefficient (Wildman–Crippen LogP) is 3.23.